The van der Waals surface area contributed by atoms with Crippen molar-refractivity contribution in [1.82, 2.24) is 10.2 Å². The first kappa shape index (κ1) is 25.4. The maximum absolute atomic E-state index is 12.4. The highest BCUT2D eigenvalue weighted by atomic mass is 16.5. The number of carbonyl (C=O) groups excluding carboxylic acids is 3. The number of piperidine rings is 1. The quantitative estimate of drug-likeness (QED) is 0.290. The van der Waals surface area contributed by atoms with Crippen molar-refractivity contribution < 1.29 is 33.8 Å². The van der Waals surface area contributed by atoms with Gasteiger partial charge in [-0.1, -0.05) is 0 Å². The number of benzene rings is 1. The lowest BCUT2D eigenvalue weighted by atomic mass is 10.1. The average Bonchev–Trinajstić information content (AvgIpc) is 2.83. The van der Waals surface area contributed by atoms with E-state index in [-0.39, 0.29) is 30.7 Å². The molecule has 1 aromatic carbocycles. The molecule has 3 rings (SSSR count). The highest BCUT2D eigenvalue weighted by Crippen LogP contribution is 2.21. The average molecular weight is 477 g/mol. The number of imide groups is 1. The molecule has 11 heteroatoms. The lowest BCUT2D eigenvalue weighted by Crippen LogP contribution is -2.49. The molecule has 0 aliphatic carbocycles. The van der Waals surface area contributed by atoms with Crippen molar-refractivity contribution in [3.8, 4) is 0 Å². The highest BCUT2D eigenvalue weighted by Gasteiger charge is 2.26. The second-order valence-electron chi connectivity index (χ2n) is 8.18. The van der Waals surface area contributed by atoms with Gasteiger partial charge < -0.3 is 29.7 Å². The summed E-state index contributed by atoms with van der Waals surface area (Å²) in [6, 6.07) is 7.39. The van der Waals surface area contributed by atoms with Gasteiger partial charge in [-0.2, -0.15) is 0 Å². The van der Waals surface area contributed by atoms with Crippen LogP contribution in [0.3, 0.4) is 0 Å². The van der Waals surface area contributed by atoms with Crippen LogP contribution in [-0.2, 0) is 28.7 Å². The molecule has 2 heterocycles. The van der Waals surface area contributed by atoms with Crippen molar-refractivity contribution in [2.24, 2.45) is 0 Å². The number of piperazine rings is 1. The van der Waals surface area contributed by atoms with E-state index in [2.05, 4.69) is 15.5 Å². The largest absolute Gasteiger partial charge is 0.481 e. The summed E-state index contributed by atoms with van der Waals surface area (Å²) in [4.78, 5) is 50.0. The first-order valence-electron chi connectivity index (χ1n) is 11.5. The molecule has 0 spiro atoms. The minimum absolute atomic E-state index is 0.0339. The number of nitrogens with one attached hydrogen (secondary N) is 2. The van der Waals surface area contributed by atoms with Gasteiger partial charge in [0, 0.05) is 44.0 Å². The van der Waals surface area contributed by atoms with Gasteiger partial charge in [0.25, 0.3) is 0 Å². The van der Waals surface area contributed by atoms with Crippen LogP contribution in [0.15, 0.2) is 24.3 Å². The van der Waals surface area contributed by atoms with Gasteiger partial charge in [-0.05, 0) is 30.7 Å². The molecule has 2 aliphatic rings. The summed E-state index contributed by atoms with van der Waals surface area (Å²) >= 11 is 0. The van der Waals surface area contributed by atoms with Gasteiger partial charge in [-0.25, -0.2) is 0 Å². The summed E-state index contributed by atoms with van der Waals surface area (Å²) in [7, 11) is 0. The Morgan fingerprint density at radius 2 is 1.62 bits per heavy atom. The lowest BCUT2D eigenvalue weighted by Gasteiger charge is -2.36. The normalized spacial score (nSPS) is 18.5. The van der Waals surface area contributed by atoms with Crippen LogP contribution in [0.1, 0.15) is 25.7 Å². The number of nitrogens with zero attached hydrogens (tertiary/aromatic N) is 2. The molecule has 1 atom stereocenters. The van der Waals surface area contributed by atoms with Crippen LogP contribution < -0.4 is 15.5 Å². The highest BCUT2D eigenvalue weighted by molar-refractivity contribution is 6.01. The molecule has 34 heavy (non-hydrogen) atoms. The van der Waals surface area contributed by atoms with E-state index in [9.17, 15) is 19.2 Å². The molecule has 1 aromatic rings. The lowest BCUT2D eigenvalue weighted by molar-refractivity contribution is -0.138. The molecule has 0 radical (unpaired) electrons. The van der Waals surface area contributed by atoms with E-state index in [1.165, 1.54) is 0 Å². The van der Waals surface area contributed by atoms with Crippen LogP contribution in [0, 0.1) is 0 Å². The SMILES string of the molecule is O=C(O)CCOCCOCCC(=O)N1CCN(c2ccc(NC3CCC(=O)NC3=O)cc2)CC1. The maximum atomic E-state index is 12.4. The number of aliphatic carboxylic acids is 1. The minimum Gasteiger partial charge on any atom is -0.481 e. The van der Waals surface area contributed by atoms with Crippen molar-refractivity contribution in [2.75, 3.05) is 62.8 Å². The van der Waals surface area contributed by atoms with Gasteiger partial charge in [0.2, 0.25) is 17.7 Å². The van der Waals surface area contributed by atoms with Crippen molar-refractivity contribution >= 4 is 35.1 Å². The third kappa shape index (κ3) is 7.99. The number of carboxylic acid groups (broad SMARTS) is 1. The molecule has 2 fully saturated rings. The Labute approximate surface area is 198 Å². The Bertz CT molecular complexity index is 853. The van der Waals surface area contributed by atoms with E-state index in [4.69, 9.17) is 14.6 Å². The topological polar surface area (TPSA) is 138 Å². The number of anilines is 2. The van der Waals surface area contributed by atoms with Crippen LogP contribution in [0.5, 0.6) is 0 Å². The van der Waals surface area contributed by atoms with Crippen LogP contribution in [-0.4, -0.2) is 92.3 Å². The Morgan fingerprint density at radius 3 is 2.24 bits per heavy atom. The molecule has 0 bridgehead atoms. The minimum atomic E-state index is -0.898. The van der Waals surface area contributed by atoms with Crippen LogP contribution >= 0.6 is 0 Å². The van der Waals surface area contributed by atoms with Crippen molar-refractivity contribution in [3.63, 3.8) is 0 Å². The van der Waals surface area contributed by atoms with Crippen LogP contribution in [0.25, 0.3) is 0 Å². The second kappa shape index (κ2) is 12.9. The van der Waals surface area contributed by atoms with Gasteiger partial charge in [0.1, 0.15) is 6.04 Å². The third-order valence-electron chi connectivity index (χ3n) is 5.74. The Balaban J connectivity index is 1.32. The number of rotatable bonds is 12. The molecule has 3 amide bonds. The summed E-state index contributed by atoms with van der Waals surface area (Å²) in [6.45, 7) is 3.82. The van der Waals surface area contributed by atoms with Crippen molar-refractivity contribution in [1.29, 1.82) is 0 Å². The molecule has 1 unspecified atom stereocenters. The van der Waals surface area contributed by atoms with E-state index >= 15 is 0 Å². The third-order valence-corrected chi connectivity index (χ3v) is 5.74. The van der Waals surface area contributed by atoms with Gasteiger partial charge >= 0.3 is 5.97 Å². The second-order valence-corrected chi connectivity index (χ2v) is 8.18. The molecular weight excluding hydrogens is 444 g/mol. The van der Waals surface area contributed by atoms with Crippen molar-refractivity contribution in [3.05, 3.63) is 24.3 Å². The standard InChI is InChI=1S/C23H32N4O7/c28-20-6-5-19(23(32)25-20)24-17-1-3-18(4-2-17)26-9-11-27(12-10-26)21(29)7-13-33-15-16-34-14-8-22(30)31/h1-4,19,24H,5-16H2,(H,30,31)(H,25,28,32). The first-order chi connectivity index (χ1) is 16.4. The number of carboxylic acids is 1. The fraction of sp³-hybridized carbons (Fsp3) is 0.565. The summed E-state index contributed by atoms with van der Waals surface area (Å²) < 4.78 is 10.5. The van der Waals surface area contributed by atoms with Gasteiger partial charge in [0.15, 0.2) is 0 Å². The van der Waals surface area contributed by atoms with Gasteiger partial charge in [-0.3, -0.25) is 24.5 Å². The zero-order valence-electron chi connectivity index (χ0n) is 19.2. The fourth-order valence-electron chi connectivity index (χ4n) is 3.81. The zero-order valence-corrected chi connectivity index (χ0v) is 19.2. The van der Waals surface area contributed by atoms with Crippen LogP contribution in [0.4, 0.5) is 11.4 Å². The van der Waals surface area contributed by atoms with E-state index in [0.29, 0.717) is 52.2 Å². The predicted octanol–water partition coefficient (Wildman–Crippen LogP) is 0.450. The molecule has 0 aromatic heterocycles. The fourth-order valence-corrected chi connectivity index (χ4v) is 3.81. The molecule has 0 saturated carbocycles. The van der Waals surface area contributed by atoms with E-state index in [1.54, 1.807) is 0 Å². The summed E-state index contributed by atoms with van der Waals surface area (Å²) in [5, 5.41) is 14.0. The smallest absolute Gasteiger partial charge is 0.305 e. The summed E-state index contributed by atoms with van der Waals surface area (Å²) in [5.41, 5.74) is 1.87. The number of carbonyl (C=O) groups is 4. The monoisotopic (exact) mass is 476 g/mol. The number of amides is 3. The molecule has 186 valence electrons. The van der Waals surface area contributed by atoms with Crippen molar-refractivity contribution in [2.45, 2.75) is 31.7 Å². The summed E-state index contributed by atoms with van der Waals surface area (Å²) in [6.07, 6.45) is 1.08. The molecule has 11 nitrogen and oxygen atoms in total. The van der Waals surface area contributed by atoms with Gasteiger partial charge in [-0.15, -0.1) is 0 Å². The van der Waals surface area contributed by atoms with Gasteiger partial charge in [0.05, 0.1) is 39.3 Å². The number of hydrogen-bond acceptors (Lipinski definition) is 8. The van der Waals surface area contributed by atoms with E-state index in [1.807, 2.05) is 29.2 Å². The number of hydrogen-bond donors (Lipinski definition) is 3. The predicted molar refractivity (Wildman–Crippen MR) is 124 cm³/mol. The van der Waals surface area contributed by atoms with E-state index < -0.39 is 12.0 Å². The molecule has 2 aliphatic heterocycles. The summed E-state index contributed by atoms with van der Waals surface area (Å²) in [5.74, 6) is -1.38. The Hall–Kier alpha value is -3.18. The Morgan fingerprint density at radius 1 is 0.971 bits per heavy atom. The molecule has 3 N–H and O–H groups in total. The van der Waals surface area contributed by atoms with E-state index in [0.717, 1.165) is 24.5 Å². The Kier molecular flexibility index (Phi) is 9.65. The zero-order chi connectivity index (χ0) is 24.3. The first-order valence-corrected chi connectivity index (χ1v) is 11.5. The molecule has 2 saturated heterocycles. The van der Waals surface area contributed by atoms with Crippen LogP contribution in [0.2, 0.25) is 0 Å². The molecular formula is C23H32N4O7. The number of ether oxygens (including phenoxy) is 2. The maximum Gasteiger partial charge on any atom is 0.305 e.